The summed E-state index contributed by atoms with van der Waals surface area (Å²) in [5.41, 5.74) is 3.41. The Balaban J connectivity index is 1.63. The number of nitrogens with one attached hydrogen (secondary N) is 1. The largest absolute Gasteiger partial charge is 0.371 e. The highest BCUT2D eigenvalue weighted by molar-refractivity contribution is 5.85. The second-order valence-corrected chi connectivity index (χ2v) is 5.52. The Kier molecular flexibility index (Phi) is 3.23. The maximum atomic E-state index is 5.98. The number of hydrogen-bond donors (Lipinski definition) is 1. The molecule has 0 fully saturated rings. The van der Waals surface area contributed by atoms with Crippen molar-refractivity contribution in [2.75, 3.05) is 25.1 Å². The molecule has 3 heterocycles. The van der Waals surface area contributed by atoms with E-state index in [1.807, 2.05) is 7.05 Å². The van der Waals surface area contributed by atoms with Gasteiger partial charge in [0.25, 0.3) is 0 Å². The Morgan fingerprint density at radius 3 is 3.18 bits per heavy atom. The fourth-order valence-corrected chi connectivity index (χ4v) is 3.02. The van der Waals surface area contributed by atoms with Crippen LogP contribution in [0.25, 0.3) is 11.0 Å². The van der Waals surface area contributed by atoms with Crippen LogP contribution in [-0.2, 0) is 11.2 Å². The van der Waals surface area contributed by atoms with E-state index in [4.69, 9.17) is 4.74 Å². The molecule has 22 heavy (non-hydrogen) atoms. The number of fused-ring (bicyclic) bond motifs is 2. The Morgan fingerprint density at radius 2 is 2.23 bits per heavy atom. The summed E-state index contributed by atoms with van der Waals surface area (Å²) in [6.07, 6.45) is 4.36. The first-order valence-electron chi connectivity index (χ1n) is 7.37. The van der Waals surface area contributed by atoms with Gasteiger partial charge in [0.15, 0.2) is 5.65 Å². The molecule has 2 aromatic heterocycles. The maximum Gasteiger partial charge on any atom is 0.160 e. The van der Waals surface area contributed by atoms with Crippen LogP contribution in [-0.4, -0.2) is 40.4 Å². The minimum atomic E-state index is 0.0619. The summed E-state index contributed by atoms with van der Waals surface area (Å²) < 4.78 is 5.98. The van der Waals surface area contributed by atoms with E-state index in [0.29, 0.717) is 0 Å². The zero-order chi connectivity index (χ0) is 14.9. The van der Waals surface area contributed by atoms with Crippen molar-refractivity contribution in [3.63, 3.8) is 0 Å². The Bertz CT molecular complexity index is 800. The van der Waals surface area contributed by atoms with Crippen LogP contribution >= 0.6 is 0 Å². The third kappa shape index (κ3) is 2.21. The summed E-state index contributed by atoms with van der Waals surface area (Å²) >= 11 is 0. The lowest BCUT2D eigenvalue weighted by Gasteiger charge is -2.30. The highest BCUT2D eigenvalue weighted by Gasteiger charge is 2.23. The van der Waals surface area contributed by atoms with E-state index in [2.05, 4.69) is 49.3 Å². The summed E-state index contributed by atoms with van der Waals surface area (Å²) in [5.74, 6) is 0.866. The minimum absolute atomic E-state index is 0.0619. The second kappa shape index (κ2) is 5.38. The van der Waals surface area contributed by atoms with Gasteiger partial charge in [-0.3, -0.25) is 5.10 Å². The van der Waals surface area contributed by atoms with Crippen molar-refractivity contribution < 1.29 is 4.74 Å². The number of likely N-dealkylation sites (N-methyl/N-ethyl adjacent to an activating group) is 1. The van der Waals surface area contributed by atoms with Crippen molar-refractivity contribution in [1.82, 2.24) is 20.2 Å². The van der Waals surface area contributed by atoms with Gasteiger partial charge in [0.2, 0.25) is 0 Å². The average Bonchev–Trinajstić information content (AvgIpc) is 3.03. The van der Waals surface area contributed by atoms with Gasteiger partial charge in [-0.15, -0.1) is 0 Å². The molecule has 0 amide bonds. The molecule has 1 atom stereocenters. The molecule has 0 spiro atoms. The number of hydrogen-bond acceptors (Lipinski definition) is 5. The first-order valence-corrected chi connectivity index (χ1v) is 7.37. The van der Waals surface area contributed by atoms with Crippen LogP contribution in [0.5, 0.6) is 0 Å². The lowest BCUT2D eigenvalue weighted by Crippen LogP contribution is -2.29. The molecule has 1 N–H and O–H groups in total. The van der Waals surface area contributed by atoms with E-state index in [1.165, 1.54) is 11.1 Å². The second-order valence-electron chi connectivity index (χ2n) is 5.52. The van der Waals surface area contributed by atoms with Gasteiger partial charge in [-0.1, -0.05) is 24.3 Å². The molecule has 112 valence electrons. The normalized spacial score (nSPS) is 17.4. The minimum Gasteiger partial charge on any atom is -0.371 e. The van der Waals surface area contributed by atoms with Crippen molar-refractivity contribution in [2.45, 2.75) is 12.5 Å². The lowest BCUT2D eigenvalue weighted by atomic mass is 9.97. The standard InChI is InChI=1S/C16H17N5O/c1-21(16-13-8-19-20-15(13)17-10-18-16)9-14-12-5-3-2-4-11(12)6-7-22-14/h2-5,8,10,14H,6-7,9H2,1H3,(H,17,18,19,20). The monoisotopic (exact) mass is 295 g/mol. The molecule has 6 nitrogen and oxygen atoms in total. The van der Waals surface area contributed by atoms with Gasteiger partial charge in [-0.2, -0.15) is 5.10 Å². The van der Waals surface area contributed by atoms with Gasteiger partial charge >= 0.3 is 0 Å². The van der Waals surface area contributed by atoms with Gasteiger partial charge in [0.1, 0.15) is 18.2 Å². The average molecular weight is 295 g/mol. The van der Waals surface area contributed by atoms with Crippen molar-refractivity contribution in [3.05, 3.63) is 47.9 Å². The predicted octanol–water partition coefficient (Wildman–Crippen LogP) is 2.10. The van der Waals surface area contributed by atoms with E-state index >= 15 is 0 Å². The number of benzene rings is 1. The zero-order valence-electron chi connectivity index (χ0n) is 12.4. The van der Waals surface area contributed by atoms with Gasteiger partial charge < -0.3 is 9.64 Å². The van der Waals surface area contributed by atoms with Crippen molar-refractivity contribution >= 4 is 16.9 Å². The van der Waals surface area contributed by atoms with Gasteiger partial charge in [-0.25, -0.2) is 9.97 Å². The molecule has 6 heteroatoms. The number of rotatable bonds is 3. The maximum absolute atomic E-state index is 5.98. The van der Waals surface area contributed by atoms with E-state index < -0.39 is 0 Å². The Labute approximate surface area is 128 Å². The quantitative estimate of drug-likeness (QED) is 0.801. The molecule has 0 saturated carbocycles. The van der Waals surface area contributed by atoms with E-state index in [9.17, 15) is 0 Å². The summed E-state index contributed by atoms with van der Waals surface area (Å²) in [4.78, 5) is 10.7. The molecule has 0 aliphatic carbocycles. The van der Waals surface area contributed by atoms with Crippen LogP contribution in [0.2, 0.25) is 0 Å². The SMILES string of the molecule is CN(CC1OCCc2ccccc21)c1ncnc2[nH]ncc12. The fourth-order valence-electron chi connectivity index (χ4n) is 3.02. The summed E-state index contributed by atoms with van der Waals surface area (Å²) in [7, 11) is 2.02. The van der Waals surface area contributed by atoms with Gasteiger partial charge in [-0.05, 0) is 17.5 Å². The molecule has 4 rings (SSSR count). The highest BCUT2D eigenvalue weighted by Crippen LogP contribution is 2.29. The molecular formula is C16H17N5O. The van der Waals surface area contributed by atoms with Crippen molar-refractivity contribution in [3.8, 4) is 0 Å². The summed E-state index contributed by atoms with van der Waals surface area (Å²) in [6.45, 7) is 1.51. The Morgan fingerprint density at radius 1 is 1.32 bits per heavy atom. The van der Waals surface area contributed by atoms with Crippen LogP contribution in [0.1, 0.15) is 17.2 Å². The molecule has 1 aliphatic heterocycles. The van der Waals surface area contributed by atoms with E-state index in [1.54, 1.807) is 12.5 Å². The number of anilines is 1. The summed E-state index contributed by atoms with van der Waals surface area (Å²) in [5, 5.41) is 7.84. The summed E-state index contributed by atoms with van der Waals surface area (Å²) in [6, 6.07) is 8.49. The van der Waals surface area contributed by atoms with Gasteiger partial charge in [0.05, 0.1) is 18.2 Å². The number of aromatic nitrogens is 4. The van der Waals surface area contributed by atoms with Gasteiger partial charge in [0, 0.05) is 13.6 Å². The first-order chi connectivity index (χ1) is 10.8. The Hall–Kier alpha value is -2.47. The predicted molar refractivity (Wildman–Crippen MR) is 83.8 cm³/mol. The molecule has 1 aromatic carbocycles. The molecule has 0 radical (unpaired) electrons. The van der Waals surface area contributed by atoms with Crippen LogP contribution in [0.3, 0.4) is 0 Å². The lowest BCUT2D eigenvalue weighted by molar-refractivity contribution is 0.0477. The smallest absolute Gasteiger partial charge is 0.160 e. The molecule has 3 aromatic rings. The van der Waals surface area contributed by atoms with Crippen LogP contribution in [0, 0.1) is 0 Å². The number of nitrogens with zero attached hydrogens (tertiary/aromatic N) is 4. The topological polar surface area (TPSA) is 66.9 Å². The number of H-pyrrole nitrogens is 1. The zero-order valence-corrected chi connectivity index (χ0v) is 12.4. The number of aromatic amines is 1. The van der Waals surface area contributed by atoms with Crippen LogP contribution < -0.4 is 4.90 Å². The van der Waals surface area contributed by atoms with E-state index in [0.717, 1.165) is 36.4 Å². The highest BCUT2D eigenvalue weighted by atomic mass is 16.5. The fraction of sp³-hybridized carbons (Fsp3) is 0.312. The third-order valence-corrected chi connectivity index (χ3v) is 4.12. The van der Waals surface area contributed by atoms with Crippen LogP contribution in [0.15, 0.2) is 36.8 Å². The molecule has 0 saturated heterocycles. The van der Waals surface area contributed by atoms with Crippen LogP contribution in [0.4, 0.5) is 5.82 Å². The molecule has 0 bridgehead atoms. The molecular weight excluding hydrogens is 278 g/mol. The van der Waals surface area contributed by atoms with E-state index in [-0.39, 0.29) is 6.10 Å². The third-order valence-electron chi connectivity index (χ3n) is 4.12. The van der Waals surface area contributed by atoms with Crippen molar-refractivity contribution in [2.24, 2.45) is 0 Å². The molecule has 1 unspecified atom stereocenters. The first kappa shape index (κ1) is 13.2. The van der Waals surface area contributed by atoms with Crippen molar-refractivity contribution in [1.29, 1.82) is 0 Å². The number of ether oxygens (including phenoxy) is 1. The molecule has 1 aliphatic rings.